The summed E-state index contributed by atoms with van der Waals surface area (Å²) in [6.45, 7) is 0. The second-order valence-corrected chi connectivity index (χ2v) is 4.88. The maximum absolute atomic E-state index is 4.39. The quantitative estimate of drug-likeness (QED) is 0.502. The number of hydrogen-bond acceptors (Lipinski definition) is 2. The summed E-state index contributed by atoms with van der Waals surface area (Å²) in [4.78, 5) is 0. The number of nitrogens with zero attached hydrogens (tertiary/aromatic N) is 2. The molecule has 4 rings (SSSR count). The van der Waals surface area contributed by atoms with Gasteiger partial charge in [0.05, 0.1) is 12.1 Å². The van der Waals surface area contributed by atoms with E-state index in [0.717, 1.165) is 17.3 Å². The number of rotatable bonds is 0. The lowest BCUT2D eigenvalue weighted by Crippen LogP contribution is -2.23. The molecule has 1 spiro atoms. The van der Waals surface area contributed by atoms with Gasteiger partial charge >= 0.3 is 0 Å². The molecule has 4 bridgehead atoms. The SMILES string of the molecule is C1C2N=N[C@@H]3[C@H]1CC1(CC1)[C@H]23. The zero-order valence-electron chi connectivity index (χ0n) is 6.53. The Balaban J connectivity index is 1.88. The molecule has 0 aromatic rings. The summed E-state index contributed by atoms with van der Waals surface area (Å²) in [5.74, 6) is 1.86. The van der Waals surface area contributed by atoms with Crippen LogP contribution in [0.1, 0.15) is 25.7 Å². The smallest absolute Gasteiger partial charge is 0.0791 e. The van der Waals surface area contributed by atoms with Gasteiger partial charge in [-0.15, -0.1) is 0 Å². The van der Waals surface area contributed by atoms with E-state index in [1.807, 2.05) is 0 Å². The van der Waals surface area contributed by atoms with Crippen LogP contribution in [0, 0.1) is 17.3 Å². The molecule has 2 nitrogen and oxygen atoms in total. The largest absolute Gasteiger partial charge is 0.190 e. The molecule has 2 heteroatoms. The molecule has 0 aromatic heterocycles. The van der Waals surface area contributed by atoms with Gasteiger partial charge in [-0.3, -0.25) is 0 Å². The van der Waals surface area contributed by atoms with E-state index in [1.165, 1.54) is 25.7 Å². The number of azo groups is 1. The first-order valence-electron chi connectivity index (χ1n) is 4.79. The average molecular weight is 148 g/mol. The van der Waals surface area contributed by atoms with Gasteiger partial charge in [-0.05, 0) is 37.0 Å². The van der Waals surface area contributed by atoms with Crippen LogP contribution in [0.5, 0.6) is 0 Å². The van der Waals surface area contributed by atoms with E-state index >= 15 is 0 Å². The Morgan fingerprint density at radius 1 is 1.18 bits per heavy atom. The van der Waals surface area contributed by atoms with Gasteiger partial charge < -0.3 is 0 Å². The summed E-state index contributed by atoms with van der Waals surface area (Å²) in [7, 11) is 0. The fourth-order valence-corrected chi connectivity index (χ4v) is 3.90. The van der Waals surface area contributed by atoms with Gasteiger partial charge in [0.1, 0.15) is 0 Å². The molecule has 4 atom stereocenters. The van der Waals surface area contributed by atoms with E-state index in [9.17, 15) is 0 Å². The van der Waals surface area contributed by atoms with Crippen molar-refractivity contribution in [3.05, 3.63) is 0 Å². The molecule has 0 saturated heterocycles. The fraction of sp³-hybridized carbons (Fsp3) is 1.00. The van der Waals surface area contributed by atoms with Crippen molar-refractivity contribution in [2.24, 2.45) is 27.5 Å². The molecule has 1 aliphatic heterocycles. The van der Waals surface area contributed by atoms with Gasteiger partial charge in [0, 0.05) is 5.92 Å². The molecule has 1 unspecified atom stereocenters. The summed E-state index contributed by atoms with van der Waals surface area (Å²) in [6.07, 6.45) is 5.86. The van der Waals surface area contributed by atoms with Gasteiger partial charge in [-0.25, -0.2) is 0 Å². The minimum Gasteiger partial charge on any atom is -0.190 e. The van der Waals surface area contributed by atoms with Crippen molar-refractivity contribution in [3.8, 4) is 0 Å². The van der Waals surface area contributed by atoms with Crippen LogP contribution in [-0.2, 0) is 0 Å². The van der Waals surface area contributed by atoms with Crippen molar-refractivity contribution in [2.45, 2.75) is 37.8 Å². The molecule has 4 aliphatic rings. The minimum atomic E-state index is 0.668. The Labute approximate surface area is 66.1 Å². The van der Waals surface area contributed by atoms with Gasteiger partial charge in [-0.2, -0.15) is 10.2 Å². The van der Waals surface area contributed by atoms with E-state index in [2.05, 4.69) is 10.2 Å². The second-order valence-electron chi connectivity index (χ2n) is 4.88. The molecule has 0 amide bonds. The molecule has 0 N–H and O–H groups in total. The first kappa shape index (κ1) is 5.28. The van der Waals surface area contributed by atoms with Crippen molar-refractivity contribution in [2.75, 3.05) is 0 Å². The standard InChI is InChI=1S/C9H12N2/c1-2-9(1)4-5-3-6-7(9)8(5)11-10-6/h5-8H,1-4H2/t5-,6?,7-,8-/m1/s1. The Morgan fingerprint density at radius 2 is 2.09 bits per heavy atom. The lowest BCUT2D eigenvalue weighted by atomic mass is 9.83. The molecule has 3 saturated carbocycles. The predicted molar refractivity (Wildman–Crippen MR) is 40.3 cm³/mol. The molecule has 0 radical (unpaired) electrons. The van der Waals surface area contributed by atoms with Gasteiger partial charge in [0.25, 0.3) is 0 Å². The molecule has 3 fully saturated rings. The summed E-state index contributed by atoms with van der Waals surface area (Å²) in [5, 5.41) is 8.74. The van der Waals surface area contributed by atoms with Crippen molar-refractivity contribution in [1.82, 2.24) is 0 Å². The molecule has 1 heterocycles. The van der Waals surface area contributed by atoms with E-state index < -0.39 is 0 Å². The van der Waals surface area contributed by atoms with Crippen LogP contribution in [0.25, 0.3) is 0 Å². The molecule has 3 aliphatic carbocycles. The Bertz CT molecular complexity index is 254. The summed E-state index contributed by atoms with van der Waals surface area (Å²) in [5.41, 5.74) is 0.780. The monoisotopic (exact) mass is 148 g/mol. The van der Waals surface area contributed by atoms with Crippen LogP contribution < -0.4 is 0 Å². The second kappa shape index (κ2) is 1.27. The van der Waals surface area contributed by atoms with Crippen LogP contribution in [0.4, 0.5) is 0 Å². The fourth-order valence-electron chi connectivity index (χ4n) is 3.90. The van der Waals surface area contributed by atoms with Crippen LogP contribution in [0.3, 0.4) is 0 Å². The Hall–Kier alpha value is -0.400. The Kier molecular flexibility index (Phi) is 0.612. The van der Waals surface area contributed by atoms with E-state index in [-0.39, 0.29) is 0 Å². The third-order valence-electron chi connectivity index (χ3n) is 4.43. The molecular formula is C9H12N2. The highest BCUT2D eigenvalue weighted by Crippen LogP contribution is 2.71. The molecule has 58 valence electrons. The van der Waals surface area contributed by atoms with Gasteiger partial charge in [0.2, 0.25) is 0 Å². The normalized spacial score (nSPS) is 59.6. The third-order valence-corrected chi connectivity index (χ3v) is 4.43. The Morgan fingerprint density at radius 3 is 2.73 bits per heavy atom. The zero-order chi connectivity index (χ0) is 7.05. The summed E-state index contributed by atoms with van der Waals surface area (Å²) >= 11 is 0. The molecule has 0 aromatic carbocycles. The zero-order valence-corrected chi connectivity index (χ0v) is 6.53. The highest BCUT2D eigenvalue weighted by atomic mass is 15.2. The maximum atomic E-state index is 4.39. The van der Waals surface area contributed by atoms with Crippen molar-refractivity contribution in [3.63, 3.8) is 0 Å². The highest BCUT2D eigenvalue weighted by molar-refractivity contribution is 5.21. The average Bonchev–Trinajstić information content (AvgIpc) is 2.44. The van der Waals surface area contributed by atoms with E-state index in [0.29, 0.717) is 12.1 Å². The third kappa shape index (κ3) is 0.414. The summed E-state index contributed by atoms with van der Waals surface area (Å²) < 4.78 is 0. The molecule has 11 heavy (non-hydrogen) atoms. The lowest BCUT2D eigenvalue weighted by Gasteiger charge is -2.23. The van der Waals surface area contributed by atoms with Gasteiger partial charge in [0.15, 0.2) is 0 Å². The summed E-state index contributed by atoms with van der Waals surface area (Å²) in [6, 6.07) is 1.35. The lowest BCUT2D eigenvalue weighted by molar-refractivity contribution is 0.279. The first-order chi connectivity index (χ1) is 5.39. The van der Waals surface area contributed by atoms with Crippen molar-refractivity contribution in [1.29, 1.82) is 0 Å². The topological polar surface area (TPSA) is 24.7 Å². The van der Waals surface area contributed by atoms with Crippen LogP contribution in [0.2, 0.25) is 0 Å². The van der Waals surface area contributed by atoms with E-state index in [1.54, 1.807) is 0 Å². The number of hydrogen-bond donors (Lipinski definition) is 0. The van der Waals surface area contributed by atoms with E-state index in [4.69, 9.17) is 0 Å². The van der Waals surface area contributed by atoms with Crippen LogP contribution in [-0.4, -0.2) is 12.1 Å². The van der Waals surface area contributed by atoms with Crippen molar-refractivity contribution < 1.29 is 0 Å². The highest BCUT2D eigenvalue weighted by Gasteiger charge is 2.68. The predicted octanol–water partition coefficient (Wildman–Crippen LogP) is 2.01. The van der Waals surface area contributed by atoms with Crippen LogP contribution in [0.15, 0.2) is 10.2 Å². The maximum Gasteiger partial charge on any atom is 0.0791 e. The van der Waals surface area contributed by atoms with Gasteiger partial charge in [-0.1, -0.05) is 0 Å². The van der Waals surface area contributed by atoms with Crippen molar-refractivity contribution >= 4 is 0 Å². The minimum absolute atomic E-state index is 0.668. The first-order valence-corrected chi connectivity index (χ1v) is 4.79. The molecular weight excluding hydrogens is 136 g/mol. The van der Waals surface area contributed by atoms with Crippen LogP contribution >= 0.6 is 0 Å².